The van der Waals surface area contributed by atoms with E-state index in [4.69, 9.17) is 26.3 Å². The van der Waals surface area contributed by atoms with Crippen LogP contribution in [0.25, 0.3) is 0 Å². The van der Waals surface area contributed by atoms with Gasteiger partial charge in [0.05, 0.1) is 29.8 Å². The van der Waals surface area contributed by atoms with Gasteiger partial charge in [-0.2, -0.15) is 5.26 Å². The molecule has 2 rings (SSSR count). The lowest BCUT2D eigenvalue weighted by Gasteiger charge is -2.17. The molecular weight excluding hydrogens is 328 g/mol. The maximum absolute atomic E-state index is 12.1. The molecule has 1 atom stereocenters. The van der Waals surface area contributed by atoms with E-state index in [1.807, 2.05) is 37.3 Å². The molecule has 0 aliphatic carbocycles. The second kappa shape index (κ2) is 8.23. The van der Waals surface area contributed by atoms with Gasteiger partial charge < -0.3 is 14.8 Å². The average molecular weight is 345 g/mol. The topological polar surface area (TPSA) is 71.3 Å². The van der Waals surface area contributed by atoms with Gasteiger partial charge in [-0.25, -0.2) is 0 Å². The van der Waals surface area contributed by atoms with E-state index in [0.29, 0.717) is 22.1 Å². The standard InChI is InChI=1S/C18H17ClN2O3/c1-12(14-5-3-4-6-16(14)23-2)21-18(22)11-24-17-8-7-13(10-20)9-15(17)19/h3-9,12H,11H2,1-2H3,(H,21,22). The van der Waals surface area contributed by atoms with Crippen molar-refractivity contribution in [2.75, 3.05) is 13.7 Å². The molecule has 0 bridgehead atoms. The number of hydrogen-bond donors (Lipinski definition) is 1. The van der Waals surface area contributed by atoms with E-state index in [1.54, 1.807) is 19.2 Å². The van der Waals surface area contributed by atoms with E-state index in [9.17, 15) is 4.79 Å². The van der Waals surface area contributed by atoms with Gasteiger partial charge in [0.25, 0.3) is 5.91 Å². The number of nitrogens with one attached hydrogen (secondary N) is 1. The van der Waals surface area contributed by atoms with E-state index in [2.05, 4.69) is 5.32 Å². The minimum absolute atomic E-state index is 0.175. The first-order valence-corrected chi connectivity index (χ1v) is 7.67. The number of nitrogens with zero attached hydrogens (tertiary/aromatic N) is 1. The third-order valence-corrected chi connectivity index (χ3v) is 3.70. The van der Waals surface area contributed by atoms with Gasteiger partial charge in [-0.1, -0.05) is 29.8 Å². The number of hydrogen-bond acceptors (Lipinski definition) is 4. The monoisotopic (exact) mass is 344 g/mol. The number of carbonyl (C=O) groups excluding carboxylic acids is 1. The minimum atomic E-state index is -0.283. The van der Waals surface area contributed by atoms with Crippen molar-refractivity contribution in [2.24, 2.45) is 0 Å². The van der Waals surface area contributed by atoms with Gasteiger partial charge in [-0.3, -0.25) is 4.79 Å². The first-order chi connectivity index (χ1) is 11.5. The van der Waals surface area contributed by atoms with Crippen LogP contribution in [0.15, 0.2) is 42.5 Å². The van der Waals surface area contributed by atoms with Gasteiger partial charge >= 0.3 is 0 Å². The Morgan fingerprint density at radius 2 is 2.04 bits per heavy atom. The number of para-hydroxylation sites is 1. The van der Waals surface area contributed by atoms with E-state index in [-0.39, 0.29) is 18.6 Å². The smallest absolute Gasteiger partial charge is 0.258 e. The molecule has 0 saturated heterocycles. The molecule has 2 aromatic rings. The van der Waals surface area contributed by atoms with Crippen LogP contribution in [0.3, 0.4) is 0 Å². The van der Waals surface area contributed by atoms with Gasteiger partial charge in [0.1, 0.15) is 11.5 Å². The molecule has 0 aliphatic rings. The van der Waals surface area contributed by atoms with Gasteiger partial charge in [-0.05, 0) is 31.2 Å². The summed E-state index contributed by atoms with van der Waals surface area (Å²) in [5.74, 6) is 0.783. The number of benzene rings is 2. The summed E-state index contributed by atoms with van der Waals surface area (Å²) in [5, 5.41) is 11.9. The number of methoxy groups -OCH3 is 1. The SMILES string of the molecule is COc1ccccc1C(C)NC(=O)COc1ccc(C#N)cc1Cl. The summed E-state index contributed by atoms with van der Waals surface area (Å²) in [5.41, 5.74) is 1.31. The molecule has 6 heteroatoms. The molecule has 0 radical (unpaired) electrons. The van der Waals surface area contributed by atoms with E-state index in [1.165, 1.54) is 6.07 Å². The molecule has 1 N–H and O–H groups in total. The van der Waals surface area contributed by atoms with Crippen LogP contribution in [0, 0.1) is 11.3 Å². The van der Waals surface area contributed by atoms with Gasteiger partial charge in [0, 0.05) is 5.56 Å². The Bertz CT molecular complexity index is 771. The van der Waals surface area contributed by atoms with Crippen molar-refractivity contribution >= 4 is 17.5 Å². The molecule has 2 aromatic carbocycles. The first kappa shape index (κ1) is 17.6. The zero-order valence-electron chi connectivity index (χ0n) is 13.4. The third kappa shape index (κ3) is 4.40. The predicted octanol–water partition coefficient (Wildman–Crippen LogP) is 3.48. The van der Waals surface area contributed by atoms with Crippen LogP contribution in [0.4, 0.5) is 0 Å². The molecular formula is C18H17ClN2O3. The Morgan fingerprint density at radius 1 is 1.29 bits per heavy atom. The summed E-state index contributed by atoms with van der Waals surface area (Å²) < 4.78 is 10.7. The zero-order chi connectivity index (χ0) is 17.5. The number of rotatable bonds is 6. The van der Waals surface area contributed by atoms with Crippen LogP contribution in [-0.2, 0) is 4.79 Å². The molecule has 0 saturated carbocycles. The quantitative estimate of drug-likeness (QED) is 0.870. The maximum atomic E-state index is 12.1. The van der Waals surface area contributed by atoms with E-state index < -0.39 is 0 Å². The highest BCUT2D eigenvalue weighted by Gasteiger charge is 2.14. The van der Waals surface area contributed by atoms with Crippen LogP contribution in [-0.4, -0.2) is 19.6 Å². The highest BCUT2D eigenvalue weighted by molar-refractivity contribution is 6.32. The first-order valence-electron chi connectivity index (χ1n) is 7.30. The molecule has 0 fully saturated rings. The summed E-state index contributed by atoms with van der Waals surface area (Å²) in [4.78, 5) is 12.1. The Balaban J connectivity index is 1.95. The lowest BCUT2D eigenvalue weighted by Crippen LogP contribution is -2.31. The largest absolute Gasteiger partial charge is 0.496 e. The third-order valence-electron chi connectivity index (χ3n) is 3.40. The molecule has 0 aromatic heterocycles. The molecule has 0 spiro atoms. The van der Waals surface area contributed by atoms with Crippen molar-refractivity contribution in [1.29, 1.82) is 5.26 Å². The zero-order valence-corrected chi connectivity index (χ0v) is 14.1. The highest BCUT2D eigenvalue weighted by Crippen LogP contribution is 2.26. The summed E-state index contributed by atoms with van der Waals surface area (Å²) in [6.45, 7) is 1.69. The number of halogens is 1. The summed E-state index contributed by atoms with van der Waals surface area (Å²) >= 11 is 6.01. The Kier molecular flexibility index (Phi) is 6.05. The van der Waals surface area contributed by atoms with Crippen molar-refractivity contribution in [2.45, 2.75) is 13.0 Å². The van der Waals surface area contributed by atoms with Crippen molar-refractivity contribution in [3.05, 3.63) is 58.6 Å². The summed E-state index contributed by atoms with van der Waals surface area (Å²) in [6.07, 6.45) is 0. The normalized spacial score (nSPS) is 11.2. The van der Waals surface area contributed by atoms with Crippen molar-refractivity contribution in [3.8, 4) is 17.6 Å². The predicted molar refractivity (Wildman–Crippen MR) is 91.2 cm³/mol. The van der Waals surface area contributed by atoms with Crippen LogP contribution in [0.1, 0.15) is 24.1 Å². The van der Waals surface area contributed by atoms with Crippen LogP contribution >= 0.6 is 11.6 Å². The van der Waals surface area contributed by atoms with Crippen molar-refractivity contribution in [1.82, 2.24) is 5.32 Å². The van der Waals surface area contributed by atoms with Crippen LogP contribution in [0.5, 0.6) is 11.5 Å². The molecule has 0 aliphatic heterocycles. The minimum Gasteiger partial charge on any atom is -0.496 e. The fourth-order valence-electron chi connectivity index (χ4n) is 2.22. The number of nitriles is 1. The lowest BCUT2D eigenvalue weighted by molar-refractivity contribution is -0.123. The van der Waals surface area contributed by atoms with Crippen molar-refractivity contribution in [3.63, 3.8) is 0 Å². The number of amides is 1. The Hall–Kier alpha value is -2.71. The molecule has 1 unspecified atom stereocenters. The van der Waals surface area contributed by atoms with Crippen LogP contribution < -0.4 is 14.8 Å². The molecule has 24 heavy (non-hydrogen) atoms. The lowest BCUT2D eigenvalue weighted by atomic mass is 10.1. The van der Waals surface area contributed by atoms with Crippen LogP contribution in [0.2, 0.25) is 5.02 Å². The van der Waals surface area contributed by atoms with Gasteiger partial charge in [-0.15, -0.1) is 0 Å². The Labute approximate surface area is 145 Å². The second-order valence-electron chi connectivity index (χ2n) is 5.08. The summed E-state index contributed by atoms with van der Waals surface area (Å²) in [7, 11) is 1.59. The van der Waals surface area contributed by atoms with E-state index >= 15 is 0 Å². The summed E-state index contributed by atoms with van der Waals surface area (Å²) in [6, 6.07) is 13.9. The molecule has 1 amide bonds. The molecule has 0 heterocycles. The number of ether oxygens (including phenoxy) is 2. The molecule has 124 valence electrons. The number of carbonyl (C=O) groups is 1. The highest BCUT2D eigenvalue weighted by atomic mass is 35.5. The fourth-order valence-corrected chi connectivity index (χ4v) is 2.45. The maximum Gasteiger partial charge on any atom is 0.258 e. The second-order valence-corrected chi connectivity index (χ2v) is 5.48. The molecule has 5 nitrogen and oxygen atoms in total. The van der Waals surface area contributed by atoms with Gasteiger partial charge in [0.2, 0.25) is 0 Å². The Morgan fingerprint density at radius 3 is 2.71 bits per heavy atom. The fraction of sp³-hybridized carbons (Fsp3) is 0.222. The van der Waals surface area contributed by atoms with E-state index in [0.717, 1.165) is 5.56 Å². The van der Waals surface area contributed by atoms with Crippen molar-refractivity contribution < 1.29 is 14.3 Å². The average Bonchev–Trinajstić information content (AvgIpc) is 2.60. The van der Waals surface area contributed by atoms with Gasteiger partial charge in [0.15, 0.2) is 6.61 Å².